The number of cyclic esters (lactones) is 1. The highest BCUT2D eigenvalue weighted by Gasteiger charge is 2.53. The first-order valence-corrected chi connectivity index (χ1v) is 20.1. The van der Waals surface area contributed by atoms with Crippen LogP contribution in [0.1, 0.15) is 99.3 Å². The van der Waals surface area contributed by atoms with E-state index in [-0.39, 0.29) is 44.0 Å². The first-order valence-electron chi connectivity index (χ1n) is 18.3. The van der Waals surface area contributed by atoms with Crippen molar-refractivity contribution in [2.24, 2.45) is 16.2 Å². The number of nitrogens with zero attached hydrogens (tertiary/aromatic N) is 2. The summed E-state index contributed by atoms with van der Waals surface area (Å²) in [6.07, 6.45) is 12.1. The number of hydrogen-bond donors (Lipinski definition) is 0. The van der Waals surface area contributed by atoms with Crippen molar-refractivity contribution in [1.29, 1.82) is 0 Å². The second kappa shape index (κ2) is 15.1. The van der Waals surface area contributed by atoms with Crippen LogP contribution >= 0.6 is 0 Å². The van der Waals surface area contributed by atoms with Crippen LogP contribution in [-0.2, 0) is 24.3 Å². The Balaban J connectivity index is 1.25. The molecule has 0 unspecified atom stereocenters. The van der Waals surface area contributed by atoms with Crippen molar-refractivity contribution in [2.45, 2.75) is 94.7 Å². The number of hydrogen-bond acceptors (Lipinski definition) is 10. The van der Waals surface area contributed by atoms with E-state index in [1.165, 1.54) is 19.1 Å². The molecule has 0 aromatic heterocycles. The molecular formula is C38H50N2O10S. The molecule has 0 amide bonds. The summed E-state index contributed by atoms with van der Waals surface area (Å²) in [5.41, 5.74) is 2.53. The van der Waals surface area contributed by atoms with Crippen LogP contribution in [-0.4, -0.2) is 84.8 Å². The number of rotatable bonds is 11. The summed E-state index contributed by atoms with van der Waals surface area (Å²) < 4.78 is 71.2. The number of benzene rings is 2. The summed E-state index contributed by atoms with van der Waals surface area (Å²) in [6, 6.07) is 8.18. The zero-order valence-corrected chi connectivity index (χ0v) is 30.9. The second-order valence-corrected chi connectivity index (χ2v) is 16.0. The Hall–Kier alpha value is -3.71. The van der Waals surface area contributed by atoms with Gasteiger partial charge in [-0.1, -0.05) is 38.5 Å². The minimum absolute atomic E-state index is 0.0942. The molecule has 51 heavy (non-hydrogen) atoms. The zero-order valence-electron chi connectivity index (χ0n) is 30.1. The summed E-state index contributed by atoms with van der Waals surface area (Å²) >= 11 is 0. The highest BCUT2D eigenvalue weighted by Crippen LogP contribution is 2.56. The molecule has 0 N–H and O–H groups in total. The van der Waals surface area contributed by atoms with Crippen molar-refractivity contribution in [3.8, 4) is 28.7 Å². The molecule has 2 aliphatic heterocycles. The lowest BCUT2D eigenvalue weighted by molar-refractivity contribution is -0.141. The summed E-state index contributed by atoms with van der Waals surface area (Å²) in [7, 11) is 1.02. The van der Waals surface area contributed by atoms with E-state index in [1.807, 2.05) is 24.3 Å². The number of esters is 1. The molecule has 7 rings (SSSR count). The van der Waals surface area contributed by atoms with Crippen LogP contribution in [0.15, 0.2) is 28.7 Å². The van der Waals surface area contributed by atoms with E-state index in [9.17, 15) is 13.2 Å². The normalized spacial score (nSPS) is 25.2. The zero-order chi connectivity index (χ0) is 35.7. The monoisotopic (exact) mass is 726 g/mol. The molecule has 0 spiro atoms. The highest BCUT2D eigenvalue weighted by molar-refractivity contribution is 7.89. The van der Waals surface area contributed by atoms with Crippen LogP contribution in [0.2, 0.25) is 0 Å². The van der Waals surface area contributed by atoms with Crippen molar-refractivity contribution in [1.82, 2.24) is 4.90 Å². The molecule has 4 atom stereocenters. The maximum atomic E-state index is 13.7. The van der Waals surface area contributed by atoms with Crippen LogP contribution < -0.4 is 23.7 Å². The van der Waals surface area contributed by atoms with Crippen molar-refractivity contribution < 1.29 is 46.4 Å². The molecular weight excluding hydrogens is 676 g/mol. The van der Waals surface area contributed by atoms with Crippen molar-refractivity contribution >= 4 is 21.8 Å². The van der Waals surface area contributed by atoms with E-state index in [0.717, 1.165) is 68.1 Å². The number of carbonyl (C=O) groups is 1. The first-order chi connectivity index (χ1) is 24.7. The summed E-state index contributed by atoms with van der Waals surface area (Å²) in [5.74, 6) is 1.57. The van der Waals surface area contributed by atoms with Crippen molar-refractivity contribution in [3.05, 3.63) is 41.0 Å². The van der Waals surface area contributed by atoms with Gasteiger partial charge >= 0.3 is 5.97 Å². The molecule has 0 bridgehead atoms. The Labute approximate surface area is 300 Å². The lowest BCUT2D eigenvalue weighted by Gasteiger charge is -2.44. The lowest BCUT2D eigenvalue weighted by Crippen LogP contribution is -2.49. The van der Waals surface area contributed by atoms with Gasteiger partial charge in [-0.05, 0) is 66.6 Å². The van der Waals surface area contributed by atoms with Crippen LogP contribution in [0.5, 0.6) is 28.7 Å². The highest BCUT2D eigenvalue weighted by atomic mass is 32.2. The Morgan fingerprint density at radius 1 is 0.824 bits per heavy atom. The van der Waals surface area contributed by atoms with Gasteiger partial charge in [-0.2, -0.15) is 4.40 Å². The fourth-order valence-corrected chi connectivity index (χ4v) is 9.70. The van der Waals surface area contributed by atoms with Gasteiger partial charge in [0.1, 0.15) is 5.84 Å². The Bertz CT molecular complexity index is 1690. The molecule has 278 valence electrons. The summed E-state index contributed by atoms with van der Waals surface area (Å²) in [6.45, 7) is 0.496. The van der Waals surface area contributed by atoms with Gasteiger partial charge in [0.05, 0.1) is 52.8 Å². The van der Waals surface area contributed by atoms with Gasteiger partial charge in [-0.3, -0.25) is 4.79 Å². The van der Waals surface area contributed by atoms with Gasteiger partial charge in [0.25, 0.3) is 10.0 Å². The minimum Gasteiger partial charge on any atom is -0.493 e. The standard InChI is InChI=1S/C38H50N2O10S/c1-44-31-17-23(18-32(45-2)37(31)46-3)34-26-19-29-30(50-22-49-29)20-27(26)36(28-21-48-38(41)35(28)34)47-16-15-33(39-51(4,42)43)40(24-11-7-5-8-12-24)25-13-9-6-10-14-25/h17-20,24-25,28,34-36H,5-16,21-22H2,1-4H3/b39-33+/t28-,34+,35-,36+/m0/s1. The molecule has 0 radical (unpaired) electrons. The largest absolute Gasteiger partial charge is 0.493 e. The maximum absolute atomic E-state index is 13.7. The van der Waals surface area contributed by atoms with Crippen LogP contribution in [0, 0.1) is 11.8 Å². The number of methoxy groups -OCH3 is 3. The van der Waals surface area contributed by atoms with Gasteiger partial charge in [0, 0.05) is 30.3 Å². The van der Waals surface area contributed by atoms with E-state index in [4.69, 9.17) is 33.2 Å². The van der Waals surface area contributed by atoms with Crippen LogP contribution in [0.3, 0.4) is 0 Å². The van der Waals surface area contributed by atoms with E-state index in [1.54, 1.807) is 21.3 Å². The average molecular weight is 727 g/mol. The number of fused-ring (bicyclic) bond motifs is 3. The van der Waals surface area contributed by atoms with Gasteiger partial charge in [-0.25, -0.2) is 8.42 Å². The Kier molecular flexibility index (Phi) is 10.6. The van der Waals surface area contributed by atoms with E-state index >= 15 is 0 Å². The third kappa shape index (κ3) is 7.20. The maximum Gasteiger partial charge on any atom is 0.310 e. The minimum atomic E-state index is -3.67. The molecule has 2 aromatic rings. The molecule has 3 fully saturated rings. The van der Waals surface area contributed by atoms with Gasteiger partial charge in [0.2, 0.25) is 12.5 Å². The van der Waals surface area contributed by atoms with Crippen molar-refractivity contribution in [3.63, 3.8) is 0 Å². The molecule has 5 aliphatic rings. The summed E-state index contributed by atoms with van der Waals surface area (Å²) in [5, 5.41) is 0. The molecule has 2 heterocycles. The van der Waals surface area contributed by atoms with Gasteiger partial charge in [0.15, 0.2) is 23.0 Å². The SMILES string of the molecule is COc1cc([C@@H]2c3cc4c(cc3[C@@H](OCC/C(=N\S(C)(=O)=O)N(C3CCCCC3)C3CCCCC3)[C@H]3COC(=O)[C@H]23)OCO4)cc(OC)c1OC. The molecule has 2 aromatic carbocycles. The molecule has 1 saturated heterocycles. The predicted octanol–water partition coefficient (Wildman–Crippen LogP) is 6.15. The number of sulfonamides is 1. The van der Waals surface area contributed by atoms with Gasteiger partial charge in [-0.15, -0.1) is 0 Å². The first kappa shape index (κ1) is 35.7. The average Bonchev–Trinajstić information content (AvgIpc) is 3.76. The van der Waals surface area contributed by atoms with E-state index < -0.39 is 28.0 Å². The second-order valence-electron chi connectivity index (χ2n) is 14.4. The predicted molar refractivity (Wildman–Crippen MR) is 190 cm³/mol. The van der Waals surface area contributed by atoms with E-state index in [2.05, 4.69) is 9.30 Å². The molecule has 12 nitrogen and oxygen atoms in total. The summed E-state index contributed by atoms with van der Waals surface area (Å²) in [4.78, 5) is 16.0. The topological polar surface area (TPSA) is 131 Å². The number of amidine groups is 1. The fraction of sp³-hybridized carbons (Fsp3) is 0.632. The van der Waals surface area contributed by atoms with E-state index in [0.29, 0.717) is 41.0 Å². The van der Waals surface area contributed by atoms with Gasteiger partial charge < -0.3 is 38.1 Å². The lowest BCUT2D eigenvalue weighted by atomic mass is 9.66. The third-order valence-corrected chi connectivity index (χ3v) is 11.8. The molecule has 13 heteroatoms. The number of ether oxygens (including phenoxy) is 7. The molecule has 3 aliphatic carbocycles. The quantitative estimate of drug-likeness (QED) is 0.150. The Morgan fingerprint density at radius 3 is 1.96 bits per heavy atom. The Morgan fingerprint density at radius 2 is 1.41 bits per heavy atom. The molecule has 2 saturated carbocycles. The smallest absolute Gasteiger partial charge is 0.310 e. The third-order valence-electron chi connectivity index (χ3n) is 11.3. The van der Waals surface area contributed by atoms with Crippen molar-refractivity contribution in [2.75, 3.05) is 47.6 Å². The fourth-order valence-electron chi connectivity index (χ4n) is 9.13. The van der Waals surface area contributed by atoms with Crippen LogP contribution in [0.25, 0.3) is 0 Å². The van der Waals surface area contributed by atoms with Crippen LogP contribution in [0.4, 0.5) is 0 Å². The number of carbonyl (C=O) groups excluding carboxylic acids is 1.